The number of allylic oxidation sites excluding steroid dienone is 1. The molecule has 2 aliphatic carbocycles. The van der Waals surface area contributed by atoms with Gasteiger partial charge in [0.05, 0.1) is 22.3 Å². The van der Waals surface area contributed by atoms with Crippen molar-refractivity contribution >= 4 is 44.9 Å². The summed E-state index contributed by atoms with van der Waals surface area (Å²) in [6.45, 7) is 8.49. The van der Waals surface area contributed by atoms with Gasteiger partial charge >= 0.3 is 6.09 Å². The van der Waals surface area contributed by atoms with Crippen LogP contribution in [0.4, 0.5) is 9.18 Å². The topological polar surface area (TPSA) is 186 Å². The van der Waals surface area contributed by atoms with Crippen LogP contribution in [0.15, 0.2) is 30.4 Å². The fourth-order valence-electron chi connectivity index (χ4n) is 6.93. The van der Waals surface area contributed by atoms with Gasteiger partial charge in [-0.15, -0.1) is 0 Å². The van der Waals surface area contributed by atoms with E-state index in [-0.39, 0.29) is 37.2 Å². The van der Waals surface area contributed by atoms with Crippen molar-refractivity contribution in [2.75, 3.05) is 6.54 Å². The minimum absolute atomic E-state index is 0.0165. The van der Waals surface area contributed by atoms with Gasteiger partial charge in [-0.25, -0.2) is 27.6 Å². The molecule has 14 nitrogen and oxygen atoms in total. The Labute approximate surface area is 309 Å². The number of aryl methyl sites for hydroxylation is 1. The van der Waals surface area contributed by atoms with Crippen LogP contribution in [-0.4, -0.2) is 87.7 Å². The average molecular weight is 757 g/mol. The number of nitrogens with one attached hydrogen (secondary N) is 3. The monoisotopic (exact) mass is 756 g/mol. The van der Waals surface area contributed by atoms with E-state index in [1.54, 1.807) is 27.7 Å². The maximum atomic E-state index is 14.4. The summed E-state index contributed by atoms with van der Waals surface area (Å²) in [6, 6.07) is 1.86. The van der Waals surface area contributed by atoms with Crippen molar-refractivity contribution < 1.29 is 41.5 Å². The van der Waals surface area contributed by atoms with Crippen LogP contribution in [0.1, 0.15) is 98.1 Å². The van der Waals surface area contributed by atoms with Crippen molar-refractivity contribution in [3.05, 3.63) is 41.9 Å². The molecule has 0 spiro atoms. The Balaban J connectivity index is 1.32. The van der Waals surface area contributed by atoms with Gasteiger partial charge in [-0.2, -0.15) is 0 Å². The predicted molar refractivity (Wildman–Crippen MR) is 192 cm³/mol. The maximum Gasteiger partial charge on any atom is 0.408 e. The number of hydrogen-bond acceptors (Lipinski definition) is 10. The number of amides is 4. The lowest BCUT2D eigenvalue weighted by Gasteiger charge is -2.30. The zero-order chi connectivity index (χ0) is 38.3. The molecule has 53 heavy (non-hydrogen) atoms. The number of alkyl carbamates (subject to hydrolysis) is 1. The van der Waals surface area contributed by atoms with E-state index in [0.717, 1.165) is 12.8 Å². The number of halogens is 1. The molecule has 2 aliphatic heterocycles. The number of benzene rings is 1. The molecule has 6 rings (SSSR count). The number of sulfonamides is 1. The van der Waals surface area contributed by atoms with E-state index in [9.17, 15) is 32.0 Å². The molecule has 4 amide bonds. The third-order valence-electron chi connectivity index (χ3n) is 10.4. The van der Waals surface area contributed by atoms with Crippen molar-refractivity contribution in [3.63, 3.8) is 0 Å². The molecule has 3 N–H and O–H groups in total. The molecule has 3 heterocycles. The second-order valence-electron chi connectivity index (χ2n) is 15.9. The summed E-state index contributed by atoms with van der Waals surface area (Å²) in [5.41, 5.74) is -1.11. The van der Waals surface area contributed by atoms with E-state index >= 15 is 0 Å². The van der Waals surface area contributed by atoms with E-state index in [2.05, 4.69) is 25.3 Å². The number of carbonyl (C=O) groups is 4. The molecule has 2 aromatic rings. The Kier molecular flexibility index (Phi) is 10.5. The standard InChI is InChI=1S/C37H49FN6O8S/c1-6-25-31(40-28-18-23(38)14-15-26(28)39-25)51-24-19-29-30(45)42-37(33(47)43-53(49,50)36(5)16-17-36)20-22(37)12-10-8-7-9-11-13-27(32(46)44(29)21-24)41-34(48)52-35(2,3)4/h10,12,14-15,18,22,24,27,29H,6-9,11,13,16-17,19-21H2,1-5H3,(H,41,48)(H,42,45)(H,43,47). The van der Waals surface area contributed by atoms with Crippen molar-refractivity contribution in [1.29, 1.82) is 0 Å². The highest BCUT2D eigenvalue weighted by atomic mass is 32.2. The van der Waals surface area contributed by atoms with Crippen molar-refractivity contribution in [1.82, 2.24) is 30.2 Å². The zero-order valence-corrected chi connectivity index (χ0v) is 31.7. The van der Waals surface area contributed by atoms with Crippen LogP contribution >= 0.6 is 0 Å². The molecule has 5 atom stereocenters. The molecule has 2 saturated carbocycles. The highest BCUT2D eigenvalue weighted by Crippen LogP contribution is 2.47. The first kappa shape index (κ1) is 38.4. The summed E-state index contributed by atoms with van der Waals surface area (Å²) in [5.74, 6) is -2.84. The number of hydrogen-bond donors (Lipinski definition) is 3. The van der Waals surface area contributed by atoms with Gasteiger partial charge in [-0.1, -0.05) is 31.9 Å². The van der Waals surface area contributed by atoms with Crippen LogP contribution < -0.4 is 20.1 Å². The Hall–Kier alpha value is -4.34. The van der Waals surface area contributed by atoms with Crippen molar-refractivity contribution in [2.45, 2.75) is 133 Å². The molecule has 4 aliphatic rings. The number of rotatable bonds is 7. The van der Waals surface area contributed by atoms with Gasteiger partial charge in [-0.05, 0) is 84.8 Å². The van der Waals surface area contributed by atoms with Crippen LogP contribution in [0.3, 0.4) is 0 Å². The number of aromatic nitrogens is 2. The molecule has 1 saturated heterocycles. The minimum atomic E-state index is -4.00. The minimum Gasteiger partial charge on any atom is -0.471 e. The summed E-state index contributed by atoms with van der Waals surface area (Å²) in [5, 5.41) is 5.56. The van der Waals surface area contributed by atoms with E-state index < -0.39 is 79.6 Å². The third kappa shape index (κ3) is 8.42. The van der Waals surface area contributed by atoms with Gasteiger partial charge in [0.2, 0.25) is 27.7 Å². The van der Waals surface area contributed by atoms with Gasteiger partial charge in [0.1, 0.15) is 40.8 Å². The first-order valence-electron chi connectivity index (χ1n) is 18.4. The molecule has 288 valence electrons. The fraction of sp³-hybridized carbons (Fsp3) is 0.622. The first-order chi connectivity index (χ1) is 24.9. The number of ether oxygens (including phenoxy) is 2. The van der Waals surface area contributed by atoms with Gasteiger partial charge < -0.3 is 25.0 Å². The maximum absolute atomic E-state index is 14.4. The summed E-state index contributed by atoms with van der Waals surface area (Å²) in [6.07, 6.45) is 6.72. The number of carbonyl (C=O) groups excluding carboxylic acids is 4. The Morgan fingerprint density at radius 1 is 1.11 bits per heavy atom. The van der Waals surface area contributed by atoms with E-state index in [1.165, 1.54) is 23.1 Å². The number of fused-ring (bicyclic) bond motifs is 3. The second-order valence-corrected chi connectivity index (χ2v) is 18.1. The largest absolute Gasteiger partial charge is 0.471 e. The van der Waals surface area contributed by atoms with Crippen molar-refractivity contribution in [2.24, 2.45) is 5.92 Å². The highest BCUT2D eigenvalue weighted by molar-refractivity contribution is 7.91. The van der Waals surface area contributed by atoms with Gasteiger partial charge in [0.15, 0.2) is 0 Å². The predicted octanol–water partition coefficient (Wildman–Crippen LogP) is 3.97. The van der Waals surface area contributed by atoms with Crippen LogP contribution in [0, 0.1) is 11.7 Å². The lowest BCUT2D eigenvalue weighted by molar-refractivity contribution is -0.141. The Bertz CT molecular complexity index is 1930. The molecular weight excluding hydrogens is 708 g/mol. The summed E-state index contributed by atoms with van der Waals surface area (Å²) < 4.78 is 53.3. The van der Waals surface area contributed by atoms with E-state index in [1.807, 2.05) is 19.1 Å². The molecule has 5 unspecified atom stereocenters. The molecule has 0 bridgehead atoms. The van der Waals surface area contributed by atoms with Gasteiger partial charge in [0.25, 0.3) is 5.91 Å². The number of nitrogens with zero attached hydrogens (tertiary/aromatic N) is 3. The third-order valence-corrected chi connectivity index (χ3v) is 12.6. The molecular formula is C37H49FN6O8S. The van der Waals surface area contributed by atoms with Crippen LogP contribution in [-0.2, 0) is 35.6 Å². The lowest BCUT2D eigenvalue weighted by atomic mass is 10.0. The summed E-state index contributed by atoms with van der Waals surface area (Å²) in [4.78, 5) is 66.0. The smallest absolute Gasteiger partial charge is 0.408 e. The average Bonchev–Trinajstić information content (AvgIpc) is 3.95. The van der Waals surface area contributed by atoms with Gasteiger partial charge in [-0.3, -0.25) is 19.1 Å². The zero-order valence-electron chi connectivity index (χ0n) is 30.9. The van der Waals surface area contributed by atoms with Gasteiger partial charge in [0, 0.05) is 18.4 Å². The fourth-order valence-corrected chi connectivity index (χ4v) is 8.24. The summed E-state index contributed by atoms with van der Waals surface area (Å²) in [7, 11) is -4.00. The lowest BCUT2D eigenvalue weighted by Crippen LogP contribution is -2.58. The van der Waals surface area contributed by atoms with Crippen LogP contribution in [0.2, 0.25) is 0 Å². The van der Waals surface area contributed by atoms with Crippen molar-refractivity contribution in [3.8, 4) is 5.88 Å². The highest BCUT2D eigenvalue weighted by Gasteiger charge is 2.63. The van der Waals surface area contributed by atoms with E-state index in [0.29, 0.717) is 43.3 Å². The first-order valence-corrected chi connectivity index (χ1v) is 19.9. The molecule has 0 radical (unpaired) electrons. The summed E-state index contributed by atoms with van der Waals surface area (Å²) >= 11 is 0. The molecule has 16 heteroatoms. The quantitative estimate of drug-likeness (QED) is 0.349. The second kappa shape index (κ2) is 14.5. The Morgan fingerprint density at radius 3 is 2.57 bits per heavy atom. The van der Waals surface area contributed by atoms with Crippen LogP contribution in [0.5, 0.6) is 5.88 Å². The molecule has 3 fully saturated rings. The normalized spacial score (nSPS) is 27.4. The van der Waals surface area contributed by atoms with Crippen LogP contribution in [0.25, 0.3) is 11.0 Å². The van der Waals surface area contributed by atoms with E-state index in [4.69, 9.17) is 9.47 Å². The molecule has 1 aromatic carbocycles. The SMILES string of the molecule is CCc1nc2ccc(F)cc2nc1OC1CC2C(=O)NC3(C(=O)NS(=O)(=O)C4(C)CC4)CC3C=CCCCCCC(NC(=O)OC(C)(C)C)C(=O)N2C1. The Morgan fingerprint density at radius 2 is 1.87 bits per heavy atom. The molecule has 1 aromatic heterocycles.